The minimum Gasteiger partial charge on any atom is -0.377 e. The van der Waals surface area contributed by atoms with Crippen LogP contribution < -0.4 is 5.32 Å². The largest absolute Gasteiger partial charge is 0.377 e. The highest BCUT2D eigenvalue weighted by Gasteiger charge is 2.26. The van der Waals surface area contributed by atoms with Gasteiger partial charge in [-0.15, -0.1) is 0 Å². The van der Waals surface area contributed by atoms with Crippen LogP contribution in [0, 0.1) is 27.7 Å². The lowest BCUT2D eigenvalue weighted by molar-refractivity contribution is -0.384. The monoisotopic (exact) mass is 256 g/mol. The summed E-state index contributed by atoms with van der Waals surface area (Å²) in [6, 6.07) is 1.48. The van der Waals surface area contributed by atoms with Crippen molar-refractivity contribution in [3.05, 3.63) is 33.9 Å². The number of hydrogen-bond donors (Lipinski definition) is 1. The van der Waals surface area contributed by atoms with Gasteiger partial charge in [-0.2, -0.15) is 0 Å². The van der Waals surface area contributed by atoms with Crippen LogP contribution in [0.15, 0.2) is 12.1 Å². The zero-order chi connectivity index (χ0) is 13.3. The number of anilines is 1. The van der Waals surface area contributed by atoms with Crippen molar-refractivity contribution in [2.45, 2.75) is 32.2 Å². The van der Waals surface area contributed by atoms with Crippen LogP contribution in [0.25, 0.3) is 0 Å². The molecule has 0 aromatic heterocycles. The van der Waals surface area contributed by atoms with Crippen LogP contribution in [0.4, 0.5) is 20.2 Å². The van der Waals surface area contributed by atoms with Crippen molar-refractivity contribution in [1.29, 1.82) is 0 Å². The molecule has 0 heterocycles. The van der Waals surface area contributed by atoms with Crippen molar-refractivity contribution in [1.82, 2.24) is 0 Å². The molecule has 18 heavy (non-hydrogen) atoms. The van der Waals surface area contributed by atoms with Gasteiger partial charge >= 0.3 is 0 Å². The molecule has 1 saturated carbocycles. The van der Waals surface area contributed by atoms with Gasteiger partial charge in [0.15, 0.2) is 11.6 Å². The molecule has 6 heteroatoms. The summed E-state index contributed by atoms with van der Waals surface area (Å²) >= 11 is 0. The second kappa shape index (κ2) is 4.88. The summed E-state index contributed by atoms with van der Waals surface area (Å²) < 4.78 is 26.1. The third-order valence-corrected chi connectivity index (χ3v) is 3.48. The van der Waals surface area contributed by atoms with Crippen molar-refractivity contribution < 1.29 is 13.7 Å². The lowest BCUT2D eigenvalue weighted by Crippen LogP contribution is -2.31. The van der Waals surface area contributed by atoms with Gasteiger partial charge in [-0.25, -0.2) is 8.78 Å². The van der Waals surface area contributed by atoms with E-state index < -0.39 is 22.2 Å². The third-order valence-electron chi connectivity index (χ3n) is 3.48. The van der Waals surface area contributed by atoms with Crippen molar-refractivity contribution in [3.63, 3.8) is 0 Å². The summed E-state index contributed by atoms with van der Waals surface area (Å²) in [6.07, 6.45) is 3.27. The van der Waals surface area contributed by atoms with Crippen LogP contribution in [0.1, 0.15) is 26.2 Å². The van der Waals surface area contributed by atoms with Crippen LogP contribution >= 0.6 is 0 Å². The van der Waals surface area contributed by atoms with E-state index in [2.05, 4.69) is 5.32 Å². The van der Waals surface area contributed by atoms with E-state index in [4.69, 9.17) is 0 Å². The lowest BCUT2D eigenvalue weighted by Gasteiger charge is -2.32. The Bertz CT molecular complexity index is 475. The Morgan fingerprint density at radius 1 is 1.39 bits per heavy atom. The summed E-state index contributed by atoms with van der Waals surface area (Å²) in [4.78, 5) is 10.1. The fourth-order valence-electron chi connectivity index (χ4n) is 2.11. The van der Waals surface area contributed by atoms with Crippen LogP contribution in [0.3, 0.4) is 0 Å². The minimum absolute atomic E-state index is 0.0160. The molecule has 0 saturated heterocycles. The average Bonchev–Trinajstić information content (AvgIpc) is 2.19. The van der Waals surface area contributed by atoms with Gasteiger partial charge in [0, 0.05) is 12.1 Å². The molecular weight excluding hydrogens is 242 g/mol. The predicted molar refractivity (Wildman–Crippen MR) is 63.4 cm³/mol. The molecule has 1 aliphatic rings. The number of benzene rings is 1. The summed E-state index contributed by atoms with van der Waals surface area (Å²) in [5.74, 6) is -1.84. The Balaban J connectivity index is 2.24. The molecule has 1 aromatic rings. The topological polar surface area (TPSA) is 55.2 Å². The van der Waals surface area contributed by atoms with Crippen LogP contribution in [-0.4, -0.2) is 11.0 Å². The highest BCUT2D eigenvalue weighted by Crippen LogP contribution is 2.34. The van der Waals surface area contributed by atoms with Crippen LogP contribution in [0.2, 0.25) is 0 Å². The molecule has 98 valence electrons. The second-order valence-electron chi connectivity index (χ2n) is 4.66. The van der Waals surface area contributed by atoms with Crippen LogP contribution in [0.5, 0.6) is 0 Å². The number of nitro benzene ring substituents is 1. The first-order chi connectivity index (χ1) is 8.49. The number of hydrogen-bond acceptors (Lipinski definition) is 3. The van der Waals surface area contributed by atoms with Gasteiger partial charge in [-0.3, -0.25) is 10.1 Å². The van der Waals surface area contributed by atoms with Gasteiger partial charge in [0.2, 0.25) is 0 Å². The second-order valence-corrected chi connectivity index (χ2v) is 4.66. The molecule has 1 unspecified atom stereocenters. The van der Waals surface area contributed by atoms with E-state index in [0.717, 1.165) is 25.3 Å². The SMILES string of the molecule is CC(Nc1cc(F)c(F)cc1[N+](=O)[O-])C1CCC1. The van der Waals surface area contributed by atoms with Gasteiger partial charge in [0.05, 0.1) is 11.0 Å². The molecule has 4 nitrogen and oxygen atoms in total. The van der Waals surface area contributed by atoms with Crippen LogP contribution in [-0.2, 0) is 0 Å². The average molecular weight is 256 g/mol. The maximum Gasteiger partial charge on any atom is 0.295 e. The molecule has 1 atom stereocenters. The van der Waals surface area contributed by atoms with E-state index in [1.165, 1.54) is 0 Å². The number of rotatable bonds is 4. The molecule has 0 aliphatic heterocycles. The number of nitro groups is 1. The summed E-state index contributed by atoms with van der Waals surface area (Å²) in [5, 5.41) is 13.7. The van der Waals surface area contributed by atoms with Gasteiger partial charge in [0.1, 0.15) is 5.69 Å². The maximum absolute atomic E-state index is 13.1. The third kappa shape index (κ3) is 2.42. The predicted octanol–water partition coefficient (Wildman–Crippen LogP) is 3.47. The number of nitrogens with zero attached hydrogens (tertiary/aromatic N) is 1. The Morgan fingerprint density at radius 3 is 2.50 bits per heavy atom. The zero-order valence-corrected chi connectivity index (χ0v) is 9.95. The molecule has 1 aliphatic carbocycles. The lowest BCUT2D eigenvalue weighted by atomic mass is 9.80. The van der Waals surface area contributed by atoms with Crippen molar-refractivity contribution in [3.8, 4) is 0 Å². The molecule has 1 N–H and O–H groups in total. The summed E-state index contributed by atoms with van der Waals surface area (Å²) in [5.41, 5.74) is -0.390. The highest BCUT2D eigenvalue weighted by atomic mass is 19.2. The number of nitrogens with one attached hydrogen (secondary N) is 1. The molecule has 0 bridgehead atoms. The molecule has 0 spiro atoms. The zero-order valence-electron chi connectivity index (χ0n) is 9.95. The highest BCUT2D eigenvalue weighted by molar-refractivity contribution is 5.62. The normalized spacial score (nSPS) is 17.1. The standard InChI is InChI=1S/C12H14F2N2O2/c1-7(8-3-2-4-8)15-11-5-9(13)10(14)6-12(11)16(17)18/h5-8,15H,2-4H2,1H3. The smallest absolute Gasteiger partial charge is 0.295 e. The first-order valence-electron chi connectivity index (χ1n) is 5.89. The summed E-state index contributed by atoms with van der Waals surface area (Å²) in [7, 11) is 0. The fourth-order valence-corrected chi connectivity index (χ4v) is 2.11. The molecule has 2 rings (SSSR count). The fraction of sp³-hybridized carbons (Fsp3) is 0.500. The quantitative estimate of drug-likeness (QED) is 0.662. The maximum atomic E-state index is 13.1. The Morgan fingerprint density at radius 2 is 2.00 bits per heavy atom. The first kappa shape index (κ1) is 12.7. The Hall–Kier alpha value is -1.72. The van der Waals surface area contributed by atoms with Gasteiger partial charge in [-0.1, -0.05) is 6.42 Å². The van der Waals surface area contributed by atoms with E-state index >= 15 is 0 Å². The van der Waals surface area contributed by atoms with E-state index in [1.807, 2.05) is 6.92 Å². The molecule has 1 fully saturated rings. The van der Waals surface area contributed by atoms with E-state index in [1.54, 1.807) is 0 Å². The molecule has 1 aromatic carbocycles. The summed E-state index contributed by atoms with van der Waals surface area (Å²) in [6.45, 7) is 1.90. The molecule has 0 radical (unpaired) electrons. The van der Waals surface area contributed by atoms with Gasteiger partial charge < -0.3 is 5.32 Å². The van der Waals surface area contributed by atoms with Gasteiger partial charge in [0.25, 0.3) is 5.69 Å². The molecular formula is C12H14F2N2O2. The Labute approximate surface area is 103 Å². The number of halogens is 2. The van der Waals surface area contributed by atoms with E-state index in [9.17, 15) is 18.9 Å². The minimum atomic E-state index is -1.21. The van der Waals surface area contributed by atoms with Gasteiger partial charge in [-0.05, 0) is 25.7 Å². The van der Waals surface area contributed by atoms with Crippen molar-refractivity contribution in [2.24, 2.45) is 5.92 Å². The van der Waals surface area contributed by atoms with E-state index in [-0.39, 0.29) is 11.7 Å². The van der Waals surface area contributed by atoms with Crippen molar-refractivity contribution >= 4 is 11.4 Å². The first-order valence-corrected chi connectivity index (χ1v) is 5.89. The van der Waals surface area contributed by atoms with E-state index in [0.29, 0.717) is 12.0 Å². The van der Waals surface area contributed by atoms with Crippen molar-refractivity contribution in [2.75, 3.05) is 5.32 Å². The molecule has 0 amide bonds. The Kier molecular flexibility index (Phi) is 3.45.